The van der Waals surface area contributed by atoms with Crippen molar-refractivity contribution >= 4 is 63.9 Å². The molecule has 4 fully saturated rings. The Bertz CT molecular complexity index is 1780. The number of rotatable bonds is 10. The van der Waals surface area contributed by atoms with Crippen LogP contribution >= 0.6 is 23.8 Å². The van der Waals surface area contributed by atoms with Gasteiger partial charge in [0.2, 0.25) is 17.7 Å². The van der Waals surface area contributed by atoms with Gasteiger partial charge in [-0.2, -0.15) is 5.26 Å². The van der Waals surface area contributed by atoms with E-state index in [-0.39, 0.29) is 47.7 Å². The number of thiocarbonyl (C=S) groups is 1. The first kappa shape index (κ1) is 38.8. The number of hydrogen-bond acceptors (Lipinski definition) is 8. The van der Waals surface area contributed by atoms with Gasteiger partial charge in [0.05, 0.1) is 28.7 Å². The molecule has 2 aromatic rings. The summed E-state index contributed by atoms with van der Waals surface area (Å²) in [6.07, 6.45) is 7.31. The highest BCUT2D eigenvalue weighted by Crippen LogP contribution is 2.40. The van der Waals surface area contributed by atoms with Crippen molar-refractivity contribution < 1.29 is 19.2 Å². The summed E-state index contributed by atoms with van der Waals surface area (Å²) in [5.41, 5.74) is 1.72. The Balaban J connectivity index is 0.926. The molecule has 6 rings (SSSR count). The van der Waals surface area contributed by atoms with Gasteiger partial charge in [-0.05, 0) is 133 Å². The molecule has 1 aliphatic carbocycles. The lowest BCUT2D eigenvalue weighted by Crippen LogP contribution is -2.58. The van der Waals surface area contributed by atoms with Gasteiger partial charge in [-0.25, -0.2) is 0 Å². The fourth-order valence-corrected chi connectivity index (χ4v) is 9.60. The Labute approximate surface area is 323 Å². The van der Waals surface area contributed by atoms with Crippen molar-refractivity contribution in [1.29, 1.82) is 5.26 Å². The molecule has 0 spiro atoms. The minimum Gasteiger partial charge on any atom is -0.331 e. The molecule has 11 nitrogen and oxygen atoms in total. The van der Waals surface area contributed by atoms with Crippen molar-refractivity contribution in [2.24, 2.45) is 5.92 Å². The molecule has 2 aromatic carbocycles. The van der Waals surface area contributed by atoms with Crippen LogP contribution in [0.1, 0.15) is 96.1 Å². The van der Waals surface area contributed by atoms with E-state index < -0.39 is 5.54 Å². The van der Waals surface area contributed by atoms with Crippen LogP contribution in [0.5, 0.6) is 0 Å². The van der Waals surface area contributed by atoms with E-state index in [1.54, 1.807) is 23.1 Å². The lowest BCUT2D eigenvalue weighted by Gasteiger charge is -2.44. The number of nitrogens with zero attached hydrogens (tertiary/aromatic N) is 5. The Hall–Kier alpha value is -3.89. The number of piperazine rings is 1. The summed E-state index contributed by atoms with van der Waals surface area (Å²) in [6, 6.07) is 15.1. The second-order valence-electron chi connectivity index (χ2n) is 15.7. The minimum absolute atomic E-state index is 0.0599. The van der Waals surface area contributed by atoms with Crippen LogP contribution in [0.15, 0.2) is 42.5 Å². The quantitative estimate of drug-likeness (QED) is 0.228. The van der Waals surface area contributed by atoms with Gasteiger partial charge in [-0.15, -0.1) is 0 Å². The number of nitrogens with one attached hydrogen (secondary N) is 2. The van der Waals surface area contributed by atoms with Crippen molar-refractivity contribution in [2.75, 3.05) is 36.4 Å². The van der Waals surface area contributed by atoms with E-state index in [9.17, 15) is 24.4 Å². The molecule has 0 bridgehead atoms. The van der Waals surface area contributed by atoms with E-state index in [4.69, 9.17) is 23.8 Å². The Morgan fingerprint density at radius 2 is 1.70 bits per heavy atom. The average Bonchev–Trinajstić information content (AvgIpc) is 3.29. The topological polar surface area (TPSA) is 129 Å². The van der Waals surface area contributed by atoms with E-state index in [2.05, 4.69) is 45.3 Å². The highest BCUT2D eigenvalue weighted by molar-refractivity contribution is 7.80. The summed E-state index contributed by atoms with van der Waals surface area (Å²) < 4.78 is 0. The molecule has 3 heterocycles. The van der Waals surface area contributed by atoms with Crippen LogP contribution in [-0.2, 0) is 19.2 Å². The Kier molecular flexibility index (Phi) is 11.9. The number of piperidine rings is 1. The van der Waals surface area contributed by atoms with E-state index in [1.807, 2.05) is 38.1 Å². The van der Waals surface area contributed by atoms with Crippen molar-refractivity contribution in [3.8, 4) is 6.07 Å². The summed E-state index contributed by atoms with van der Waals surface area (Å²) in [5.74, 6) is -0.335. The van der Waals surface area contributed by atoms with Gasteiger partial charge in [0.15, 0.2) is 5.11 Å². The summed E-state index contributed by atoms with van der Waals surface area (Å²) in [4.78, 5) is 58.9. The highest BCUT2D eigenvalue weighted by atomic mass is 35.5. The molecule has 4 amide bonds. The molecule has 13 heteroatoms. The predicted octanol–water partition coefficient (Wildman–Crippen LogP) is 5.82. The Morgan fingerprint density at radius 3 is 2.32 bits per heavy atom. The maximum atomic E-state index is 13.6. The number of halogens is 1. The highest BCUT2D eigenvalue weighted by Gasteiger charge is 2.52. The number of carbonyl (C=O) groups excluding carboxylic acids is 4. The average molecular weight is 760 g/mol. The smallest absolute Gasteiger partial charge is 0.258 e. The van der Waals surface area contributed by atoms with Crippen LogP contribution in [0, 0.1) is 17.2 Å². The van der Waals surface area contributed by atoms with E-state index in [1.165, 1.54) is 6.42 Å². The molecule has 0 aromatic heterocycles. The third kappa shape index (κ3) is 8.44. The lowest BCUT2D eigenvalue weighted by molar-refractivity contribution is -0.134. The van der Waals surface area contributed by atoms with Crippen molar-refractivity contribution in [2.45, 2.75) is 109 Å². The number of imide groups is 1. The number of anilines is 2. The number of benzene rings is 2. The summed E-state index contributed by atoms with van der Waals surface area (Å²) in [7, 11) is 0. The summed E-state index contributed by atoms with van der Waals surface area (Å²) >= 11 is 12.2. The number of amides is 4. The van der Waals surface area contributed by atoms with E-state index >= 15 is 0 Å². The zero-order valence-corrected chi connectivity index (χ0v) is 32.6. The first-order chi connectivity index (χ1) is 25.3. The predicted molar refractivity (Wildman–Crippen MR) is 209 cm³/mol. The van der Waals surface area contributed by atoms with Crippen LogP contribution in [0.25, 0.3) is 0 Å². The monoisotopic (exact) mass is 759 g/mol. The number of hydrogen-bond donors (Lipinski definition) is 2. The molecule has 3 saturated heterocycles. The second-order valence-corrected chi connectivity index (χ2v) is 16.5. The fourth-order valence-electron chi connectivity index (χ4n) is 8.82. The van der Waals surface area contributed by atoms with Crippen LogP contribution in [-0.4, -0.2) is 93.3 Å². The zero-order chi connectivity index (χ0) is 38.0. The van der Waals surface area contributed by atoms with Gasteiger partial charge in [0.25, 0.3) is 5.91 Å². The molecule has 3 atom stereocenters. The van der Waals surface area contributed by atoms with Gasteiger partial charge in [0, 0.05) is 43.3 Å². The maximum Gasteiger partial charge on any atom is 0.258 e. The molecule has 0 radical (unpaired) electrons. The molecule has 1 saturated carbocycles. The minimum atomic E-state index is -0.768. The Morgan fingerprint density at radius 1 is 1.02 bits per heavy atom. The second kappa shape index (κ2) is 16.2. The first-order valence-corrected chi connectivity index (χ1v) is 19.6. The van der Waals surface area contributed by atoms with E-state index in [0.717, 1.165) is 57.3 Å². The van der Waals surface area contributed by atoms with Crippen LogP contribution in [0.4, 0.5) is 11.4 Å². The molecular formula is C40H50ClN7O4S. The SMILES string of the molecule is C[C@@H]1CN(CCC[C@H]2CC[C@H](N3C(=S)N(c4ccc(C#N)c(Cl)c4)C(=O)C3(C)C)CC2)C[C@H](C)N1CC(=O)Nc1ccc(C2CCC(=O)NC2=O)cc1. The van der Waals surface area contributed by atoms with Crippen LogP contribution in [0.3, 0.4) is 0 Å². The molecule has 2 N–H and O–H groups in total. The molecule has 4 aliphatic rings. The maximum absolute atomic E-state index is 13.6. The van der Waals surface area contributed by atoms with Crippen molar-refractivity contribution in [1.82, 2.24) is 20.0 Å². The third-order valence-electron chi connectivity index (χ3n) is 11.7. The summed E-state index contributed by atoms with van der Waals surface area (Å²) in [6.45, 7) is 11.5. The number of nitriles is 1. The molecule has 1 unspecified atom stereocenters. The molecule has 282 valence electrons. The largest absolute Gasteiger partial charge is 0.331 e. The van der Waals surface area contributed by atoms with Crippen molar-refractivity contribution in [3.63, 3.8) is 0 Å². The van der Waals surface area contributed by atoms with Crippen LogP contribution in [0.2, 0.25) is 5.02 Å². The molecule has 3 aliphatic heterocycles. The van der Waals surface area contributed by atoms with E-state index in [0.29, 0.717) is 52.4 Å². The first-order valence-electron chi connectivity index (χ1n) is 18.9. The van der Waals surface area contributed by atoms with Gasteiger partial charge in [-0.3, -0.25) is 34.3 Å². The number of carbonyl (C=O) groups is 4. The fraction of sp³-hybridized carbons (Fsp3) is 0.550. The van der Waals surface area contributed by atoms with Gasteiger partial charge >= 0.3 is 0 Å². The lowest BCUT2D eigenvalue weighted by atomic mass is 9.82. The molecular weight excluding hydrogens is 710 g/mol. The van der Waals surface area contributed by atoms with Crippen LogP contribution < -0.4 is 15.5 Å². The zero-order valence-electron chi connectivity index (χ0n) is 31.1. The third-order valence-corrected chi connectivity index (χ3v) is 12.4. The van der Waals surface area contributed by atoms with Crippen molar-refractivity contribution in [3.05, 3.63) is 58.6 Å². The van der Waals surface area contributed by atoms with Gasteiger partial charge in [-0.1, -0.05) is 23.7 Å². The standard InChI is InChI=1S/C40H50ClN7O4S/c1-25-22-45(23-26(2)46(25)24-36(50)43-30-12-9-28(10-13-30)33-17-18-35(49)44-37(33)51)19-5-6-27-7-14-31(15-8-27)48-39(53)47(38(52)40(48,3)4)32-16-11-29(21-42)34(41)20-32/h9-13,16,20,25-27,31,33H,5-8,14-15,17-19,22-24H2,1-4H3,(H,43,50)(H,44,49,51)/t25-,26+,27-,31-,33?. The normalized spacial score (nSPS) is 26.8. The van der Waals surface area contributed by atoms with Gasteiger partial charge < -0.3 is 15.1 Å². The summed E-state index contributed by atoms with van der Waals surface area (Å²) in [5, 5.41) is 15.5. The van der Waals surface area contributed by atoms with Gasteiger partial charge in [0.1, 0.15) is 11.6 Å². The molecule has 53 heavy (non-hydrogen) atoms.